The van der Waals surface area contributed by atoms with Gasteiger partial charge in [-0.25, -0.2) is 8.42 Å². The van der Waals surface area contributed by atoms with E-state index in [1.165, 1.54) is 0 Å². The maximum Gasteiger partial charge on any atom is 0.160 e. The molecule has 0 N–H and O–H groups in total. The van der Waals surface area contributed by atoms with E-state index >= 15 is 0 Å². The Bertz CT molecular complexity index is 329. The molecule has 0 bridgehead atoms. The lowest BCUT2D eigenvalue weighted by Gasteiger charge is -2.18. The summed E-state index contributed by atoms with van der Waals surface area (Å²) in [6.07, 6.45) is 3.43. The molecule has 0 aromatic rings. The molecule has 15 heavy (non-hydrogen) atoms. The Morgan fingerprint density at radius 1 is 1.20 bits per heavy atom. The van der Waals surface area contributed by atoms with Crippen molar-refractivity contribution in [3.8, 4) is 0 Å². The molecule has 88 valence electrons. The van der Waals surface area contributed by atoms with Crippen LogP contribution in [0, 0.1) is 5.41 Å². The smallest absolute Gasteiger partial charge is 0.160 e. The van der Waals surface area contributed by atoms with Gasteiger partial charge in [-0.1, -0.05) is 33.6 Å². The van der Waals surface area contributed by atoms with Crippen molar-refractivity contribution in [3.05, 3.63) is 0 Å². The summed E-state index contributed by atoms with van der Waals surface area (Å²) >= 11 is 0. The number of hydrogen-bond donors (Lipinski definition) is 0. The Morgan fingerprint density at radius 3 is 2.07 bits per heavy atom. The van der Waals surface area contributed by atoms with E-state index in [1.807, 2.05) is 0 Å². The molecule has 1 rings (SSSR count). The third-order valence-electron chi connectivity index (χ3n) is 2.98. The van der Waals surface area contributed by atoms with E-state index in [1.54, 1.807) is 20.8 Å². The SMILES string of the molecule is CC(C)(C)C(=O)CS(=O)(=O)C1CCCC1. The summed E-state index contributed by atoms with van der Waals surface area (Å²) < 4.78 is 23.7. The maximum atomic E-state index is 11.9. The van der Waals surface area contributed by atoms with Crippen molar-refractivity contribution in [2.75, 3.05) is 5.75 Å². The molecule has 1 fully saturated rings. The van der Waals surface area contributed by atoms with E-state index in [2.05, 4.69) is 0 Å². The zero-order valence-electron chi connectivity index (χ0n) is 9.75. The molecule has 0 heterocycles. The van der Waals surface area contributed by atoms with Crippen LogP contribution in [0.5, 0.6) is 0 Å². The molecule has 0 atom stereocenters. The van der Waals surface area contributed by atoms with Gasteiger partial charge in [-0.15, -0.1) is 0 Å². The predicted molar refractivity (Wildman–Crippen MR) is 60.5 cm³/mol. The number of carbonyl (C=O) groups excluding carboxylic acids is 1. The quantitative estimate of drug-likeness (QED) is 0.747. The minimum Gasteiger partial charge on any atom is -0.298 e. The summed E-state index contributed by atoms with van der Waals surface area (Å²) in [7, 11) is -3.19. The van der Waals surface area contributed by atoms with Crippen LogP contribution in [0.15, 0.2) is 0 Å². The summed E-state index contributed by atoms with van der Waals surface area (Å²) in [5.41, 5.74) is -0.550. The van der Waals surface area contributed by atoms with Gasteiger partial charge in [0.2, 0.25) is 0 Å². The fourth-order valence-electron chi connectivity index (χ4n) is 1.76. The van der Waals surface area contributed by atoms with Crippen LogP contribution in [0.25, 0.3) is 0 Å². The van der Waals surface area contributed by atoms with Crippen molar-refractivity contribution in [2.45, 2.75) is 51.7 Å². The first-order valence-corrected chi connectivity index (χ1v) is 7.20. The molecule has 0 amide bonds. The van der Waals surface area contributed by atoms with Crippen LogP contribution in [0.2, 0.25) is 0 Å². The van der Waals surface area contributed by atoms with Crippen LogP contribution in [0.1, 0.15) is 46.5 Å². The Hall–Kier alpha value is -0.380. The highest BCUT2D eigenvalue weighted by Crippen LogP contribution is 2.26. The van der Waals surface area contributed by atoms with Gasteiger partial charge in [0.25, 0.3) is 0 Å². The van der Waals surface area contributed by atoms with Crippen molar-refractivity contribution in [2.24, 2.45) is 5.41 Å². The van der Waals surface area contributed by atoms with Crippen LogP contribution in [-0.2, 0) is 14.6 Å². The molecule has 0 unspecified atom stereocenters. The number of ketones is 1. The van der Waals surface area contributed by atoms with Gasteiger partial charge < -0.3 is 0 Å². The third kappa shape index (κ3) is 3.30. The van der Waals surface area contributed by atoms with Crippen molar-refractivity contribution >= 4 is 15.6 Å². The first kappa shape index (κ1) is 12.7. The first-order valence-electron chi connectivity index (χ1n) is 5.48. The second-order valence-electron chi connectivity index (χ2n) is 5.39. The highest BCUT2D eigenvalue weighted by molar-refractivity contribution is 7.92. The molecule has 0 aromatic heterocycles. The molecule has 4 heteroatoms. The molecule has 1 saturated carbocycles. The van der Waals surface area contributed by atoms with Crippen LogP contribution in [0.3, 0.4) is 0 Å². The molecular weight excluding hydrogens is 212 g/mol. The fraction of sp³-hybridized carbons (Fsp3) is 0.909. The van der Waals surface area contributed by atoms with Gasteiger partial charge >= 0.3 is 0 Å². The predicted octanol–water partition coefficient (Wildman–Crippen LogP) is 1.96. The van der Waals surface area contributed by atoms with Gasteiger partial charge in [-0.05, 0) is 12.8 Å². The molecule has 0 aliphatic heterocycles. The van der Waals surface area contributed by atoms with Crippen molar-refractivity contribution < 1.29 is 13.2 Å². The lowest BCUT2D eigenvalue weighted by Crippen LogP contribution is -2.32. The Kier molecular flexibility index (Phi) is 3.59. The van der Waals surface area contributed by atoms with E-state index < -0.39 is 15.3 Å². The minimum absolute atomic E-state index is 0.172. The van der Waals surface area contributed by atoms with Gasteiger partial charge in [0.05, 0.1) is 5.25 Å². The lowest BCUT2D eigenvalue weighted by molar-refractivity contribution is -0.123. The number of carbonyl (C=O) groups is 1. The Balaban J connectivity index is 2.68. The molecule has 0 aromatic carbocycles. The molecule has 1 aliphatic carbocycles. The van der Waals surface area contributed by atoms with Crippen LogP contribution < -0.4 is 0 Å². The van der Waals surface area contributed by atoms with Crippen molar-refractivity contribution in [1.29, 1.82) is 0 Å². The van der Waals surface area contributed by atoms with Gasteiger partial charge in [0.1, 0.15) is 5.75 Å². The van der Waals surface area contributed by atoms with Gasteiger partial charge in [-0.3, -0.25) is 4.79 Å². The van der Waals surface area contributed by atoms with Crippen molar-refractivity contribution in [1.82, 2.24) is 0 Å². The summed E-state index contributed by atoms with van der Waals surface area (Å²) in [5.74, 6) is -0.448. The lowest BCUT2D eigenvalue weighted by atomic mass is 9.92. The van der Waals surface area contributed by atoms with E-state index in [0.717, 1.165) is 25.7 Å². The zero-order chi connectivity index (χ0) is 11.7. The maximum absolute atomic E-state index is 11.9. The third-order valence-corrected chi connectivity index (χ3v) is 5.13. The normalized spacial score (nSPS) is 19.4. The molecule has 0 saturated heterocycles. The van der Waals surface area contributed by atoms with Crippen LogP contribution in [-0.4, -0.2) is 25.2 Å². The van der Waals surface area contributed by atoms with Crippen LogP contribution >= 0.6 is 0 Å². The monoisotopic (exact) mass is 232 g/mol. The first-order chi connectivity index (χ1) is 6.73. The molecule has 1 aliphatic rings. The Labute approximate surface area is 92.2 Å². The highest BCUT2D eigenvalue weighted by Gasteiger charge is 2.33. The van der Waals surface area contributed by atoms with E-state index in [4.69, 9.17) is 0 Å². The zero-order valence-corrected chi connectivity index (χ0v) is 10.6. The van der Waals surface area contributed by atoms with Crippen molar-refractivity contribution in [3.63, 3.8) is 0 Å². The molecular formula is C11H20O3S. The number of rotatable bonds is 3. The summed E-state index contributed by atoms with van der Waals surface area (Å²) in [5, 5.41) is -0.260. The second-order valence-corrected chi connectivity index (χ2v) is 7.67. The topological polar surface area (TPSA) is 51.2 Å². The fourth-order valence-corrected chi connectivity index (χ4v) is 3.85. The Morgan fingerprint density at radius 2 is 1.67 bits per heavy atom. The van der Waals surface area contributed by atoms with E-state index in [0.29, 0.717) is 0 Å². The highest BCUT2D eigenvalue weighted by atomic mass is 32.2. The van der Waals surface area contributed by atoms with Gasteiger partial charge in [0.15, 0.2) is 15.6 Å². The minimum atomic E-state index is -3.19. The second kappa shape index (κ2) is 4.24. The molecule has 0 radical (unpaired) electrons. The van der Waals surface area contributed by atoms with E-state index in [-0.39, 0.29) is 16.8 Å². The van der Waals surface area contributed by atoms with Gasteiger partial charge in [-0.2, -0.15) is 0 Å². The number of hydrogen-bond acceptors (Lipinski definition) is 3. The molecule has 3 nitrogen and oxygen atoms in total. The average molecular weight is 232 g/mol. The molecule has 0 spiro atoms. The van der Waals surface area contributed by atoms with E-state index in [9.17, 15) is 13.2 Å². The summed E-state index contributed by atoms with van der Waals surface area (Å²) in [6.45, 7) is 5.29. The van der Waals surface area contributed by atoms with Crippen LogP contribution in [0.4, 0.5) is 0 Å². The average Bonchev–Trinajstić information content (AvgIpc) is 2.52. The standard InChI is InChI=1S/C11H20O3S/c1-11(2,3)10(12)8-15(13,14)9-6-4-5-7-9/h9H,4-8H2,1-3H3. The number of sulfone groups is 1. The largest absolute Gasteiger partial charge is 0.298 e. The summed E-state index contributed by atoms with van der Waals surface area (Å²) in [4.78, 5) is 11.7. The van der Waals surface area contributed by atoms with Gasteiger partial charge in [0, 0.05) is 5.41 Å². The number of Topliss-reactive ketones (excluding diaryl/α,β-unsaturated/α-hetero) is 1. The summed E-state index contributed by atoms with van der Waals surface area (Å²) in [6, 6.07) is 0.